The van der Waals surface area contributed by atoms with Gasteiger partial charge in [0.2, 0.25) is 0 Å². The smallest absolute Gasteiger partial charge is 0.0508 e. The average Bonchev–Trinajstić information content (AvgIpc) is 3.42. The largest absolute Gasteiger partial charge is 0.310 e. The van der Waals surface area contributed by atoms with Gasteiger partial charge in [-0.1, -0.05) is 159 Å². The number of hydrogen-bond donors (Lipinski definition) is 0. The summed E-state index contributed by atoms with van der Waals surface area (Å²) in [5.74, 6) is 0. The topological polar surface area (TPSA) is 3.24 Å². The molecule has 0 atom stereocenters. The van der Waals surface area contributed by atoms with Gasteiger partial charge in [0.25, 0.3) is 0 Å². The zero-order valence-corrected chi connectivity index (χ0v) is 28.3. The predicted octanol–water partition coefficient (Wildman–Crippen LogP) is 13.6. The number of anilines is 3. The molecule has 50 heavy (non-hydrogen) atoms. The van der Waals surface area contributed by atoms with E-state index in [4.69, 9.17) is 0 Å². The van der Waals surface area contributed by atoms with Crippen molar-refractivity contribution in [3.05, 3.63) is 199 Å². The molecule has 0 N–H and O–H groups in total. The van der Waals surface area contributed by atoms with Crippen LogP contribution in [0.15, 0.2) is 188 Å². The van der Waals surface area contributed by atoms with Crippen molar-refractivity contribution in [2.24, 2.45) is 0 Å². The Morgan fingerprint density at radius 3 is 1.72 bits per heavy atom. The molecule has 0 aliphatic heterocycles. The van der Waals surface area contributed by atoms with Crippen molar-refractivity contribution in [2.45, 2.75) is 19.3 Å². The van der Waals surface area contributed by atoms with Crippen molar-refractivity contribution in [3.8, 4) is 44.5 Å². The Hall–Kier alpha value is -6.18. The van der Waals surface area contributed by atoms with Crippen molar-refractivity contribution >= 4 is 27.8 Å². The van der Waals surface area contributed by atoms with E-state index in [1.165, 1.54) is 72.1 Å². The molecule has 238 valence electrons. The van der Waals surface area contributed by atoms with Gasteiger partial charge in [-0.3, -0.25) is 0 Å². The van der Waals surface area contributed by atoms with Crippen molar-refractivity contribution < 1.29 is 0 Å². The number of benzene rings is 8. The summed E-state index contributed by atoms with van der Waals surface area (Å²) in [5, 5.41) is 2.50. The Kier molecular flexibility index (Phi) is 7.21. The molecule has 0 radical (unpaired) electrons. The van der Waals surface area contributed by atoms with Gasteiger partial charge in [0.05, 0.1) is 5.69 Å². The van der Waals surface area contributed by atoms with E-state index in [-0.39, 0.29) is 5.41 Å². The van der Waals surface area contributed by atoms with E-state index in [0.29, 0.717) is 0 Å². The van der Waals surface area contributed by atoms with Crippen LogP contribution in [0.25, 0.3) is 55.3 Å². The molecule has 8 aromatic carbocycles. The summed E-state index contributed by atoms with van der Waals surface area (Å²) in [5.41, 5.74) is 15.9. The number of nitrogens with zero attached hydrogens (tertiary/aromatic N) is 1. The number of rotatable bonds is 6. The molecule has 9 rings (SSSR count). The fourth-order valence-corrected chi connectivity index (χ4v) is 7.94. The average molecular weight is 640 g/mol. The molecule has 0 unspecified atom stereocenters. The molecular weight excluding hydrogens is 603 g/mol. The maximum atomic E-state index is 2.46. The SMILES string of the molecule is CC1(C)c2ccccc2-c2cccc(N(c3ccc(-c4cccc(-c5ccccc5)c4)cc3)c3cccc(-c4ccc5ccccc5c4)c3)c21. The highest BCUT2D eigenvalue weighted by atomic mass is 15.1. The van der Waals surface area contributed by atoms with E-state index in [0.717, 1.165) is 11.4 Å². The molecule has 0 heterocycles. The second kappa shape index (κ2) is 12.1. The van der Waals surface area contributed by atoms with E-state index < -0.39 is 0 Å². The van der Waals surface area contributed by atoms with Gasteiger partial charge >= 0.3 is 0 Å². The highest BCUT2D eigenvalue weighted by Crippen LogP contribution is 2.54. The summed E-state index contributed by atoms with van der Waals surface area (Å²) in [6, 6.07) is 68.6. The second-order valence-electron chi connectivity index (χ2n) is 13.8. The van der Waals surface area contributed by atoms with Crippen molar-refractivity contribution in [2.75, 3.05) is 4.90 Å². The monoisotopic (exact) mass is 639 g/mol. The first kappa shape index (κ1) is 29.9. The lowest BCUT2D eigenvalue weighted by Gasteiger charge is -2.32. The Morgan fingerprint density at radius 2 is 0.920 bits per heavy atom. The van der Waals surface area contributed by atoms with Gasteiger partial charge in [-0.15, -0.1) is 0 Å². The van der Waals surface area contributed by atoms with Crippen molar-refractivity contribution in [1.29, 1.82) is 0 Å². The summed E-state index contributed by atoms with van der Waals surface area (Å²) in [7, 11) is 0. The summed E-state index contributed by atoms with van der Waals surface area (Å²) >= 11 is 0. The summed E-state index contributed by atoms with van der Waals surface area (Å²) in [4.78, 5) is 2.46. The van der Waals surface area contributed by atoms with E-state index >= 15 is 0 Å². The second-order valence-corrected chi connectivity index (χ2v) is 13.8. The highest BCUT2D eigenvalue weighted by Gasteiger charge is 2.38. The minimum atomic E-state index is -0.158. The zero-order valence-electron chi connectivity index (χ0n) is 28.3. The van der Waals surface area contributed by atoms with Gasteiger partial charge in [-0.05, 0) is 109 Å². The van der Waals surface area contributed by atoms with Gasteiger partial charge in [-0.2, -0.15) is 0 Å². The summed E-state index contributed by atoms with van der Waals surface area (Å²) in [6.07, 6.45) is 0. The van der Waals surface area contributed by atoms with Gasteiger partial charge in [0.1, 0.15) is 0 Å². The van der Waals surface area contributed by atoms with E-state index in [9.17, 15) is 0 Å². The van der Waals surface area contributed by atoms with Crippen LogP contribution >= 0.6 is 0 Å². The Bertz CT molecular complexity index is 2510. The quantitative estimate of drug-likeness (QED) is 0.175. The molecule has 8 aromatic rings. The summed E-state index contributed by atoms with van der Waals surface area (Å²) in [6.45, 7) is 4.74. The number of fused-ring (bicyclic) bond motifs is 4. The Balaban J connectivity index is 1.19. The lowest BCUT2D eigenvalue weighted by Crippen LogP contribution is -2.20. The third-order valence-electron chi connectivity index (χ3n) is 10.4. The van der Waals surface area contributed by atoms with Crippen LogP contribution in [0.1, 0.15) is 25.0 Å². The van der Waals surface area contributed by atoms with Crippen LogP contribution in [0.2, 0.25) is 0 Å². The molecule has 0 fully saturated rings. The highest BCUT2D eigenvalue weighted by molar-refractivity contribution is 5.92. The van der Waals surface area contributed by atoms with Crippen LogP contribution in [0.3, 0.4) is 0 Å². The number of hydrogen-bond acceptors (Lipinski definition) is 1. The van der Waals surface area contributed by atoms with Crippen LogP contribution in [0, 0.1) is 0 Å². The molecule has 0 bridgehead atoms. The lowest BCUT2D eigenvalue weighted by atomic mass is 9.81. The van der Waals surface area contributed by atoms with Gasteiger partial charge in [-0.25, -0.2) is 0 Å². The molecule has 1 aliphatic rings. The first-order valence-electron chi connectivity index (χ1n) is 17.4. The maximum Gasteiger partial charge on any atom is 0.0508 e. The minimum Gasteiger partial charge on any atom is -0.310 e. The molecule has 0 saturated carbocycles. The van der Waals surface area contributed by atoms with Gasteiger partial charge < -0.3 is 4.90 Å². The molecule has 0 aromatic heterocycles. The van der Waals surface area contributed by atoms with Crippen LogP contribution in [0.4, 0.5) is 17.1 Å². The molecule has 1 heteroatoms. The molecular formula is C49H37N. The molecule has 0 amide bonds. The molecule has 1 nitrogen and oxygen atoms in total. The van der Waals surface area contributed by atoms with Crippen LogP contribution in [-0.2, 0) is 5.41 Å². The maximum absolute atomic E-state index is 2.46. The Morgan fingerprint density at radius 1 is 0.360 bits per heavy atom. The molecule has 1 aliphatic carbocycles. The summed E-state index contributed by atoms with van der Waals surface area (Å²) < 4.78 is 0. The fraction of sp³-hybridized carbons (Fsp3) is 0.0612. The third kappa shape index (κ3) is 5.11. The molecule has 0 saturated heterocycles. The van der Waals surface area contributed by atoms with Crippen LogP contribution in [-0.4, -0.2) is 0 Å². The van der Waals surface area contributed by atoms with Crippen LogP contribution in [0.5, 0.6) is 0 Å². The minimum absolute atomic E-state index is 0.158. The van der Waals surface area contributed by atoms with Crippen molar-refractivity contribution in [1.82, 2.24) is 0 Å². The van der Waals surface area contributed by atoms with Crippen molar-refractivity contribution in [3.63, 3.8) is 0 Å². The standard InChI is InChI=1S/C49H37N/c1-49(2)46-23-9-8-21-44(46)45-22-12-24-47(48(45)49)50(43-20-11-19-40(33-43)41-26-25-35-15-6-7-16-37(35)32-41)42-29-27-36(28-30-42)39-18-10-17-38(31-39)34-13-4-3-5-14-34/h3-33H,1-2H3. The lowest BCUT2D eigenvalue weighted by molar-refractivity contribution is 0.661. The third-order valence-corrected chi connectivity index (χ3v) is 10.4. The van der Waals surface area contributed by atoms with E-state index in [2.05, 4.69) is 207 Å². The predicted molar refractivity (Wildman–Crippen MR) is 213 cm³/mol. The zero-order chi connectivity index (χ0) is 33.7. The van der Waals surface area contributed by atoms with E-state index in [1.807, 2.05) is 0 Å². The van der Waals surface area contributed by atoms with Gasteiger partial charge in [0.15, 0.2) is 0 Å². The Labute approximate surface area is 294 Å². The first-order chi connectivity index (χ1) is 24.5. The first-order valence-corrected chi connectivity index (χ1v) is 17.4. The fourth-order valence-electron chi connectivity index (χ4n) is 7.94. The van der Waals surface area contributed by atoms with Crippen LogP contribution < -0.4 is 4.90 Å². The molecule has 0 spiro atoms. The van der Waals surface area contributed by atoms with E-state index in [1.54, 1.807) is 0 Å². The van der Waals surface area contributed by atoms with Gasteiger partial charge in [0, 0.05) is 16.8 Å². The normalized spacial score (nSPS) is 12.8.